The number of ether oxygens (including phenoxy) is 2. The number of aryl methyl sites for hydroxylation is 1. The maximum atomic E-state index is 12.3. The molecule has 0 aliphatic heterocycles. The van der Waals surface area contributed by atoms with Crippen LogP contribution in [0.3, 0.4) is 0 Å². The van der Waals surface area contributed by atoms with Gasteiger partial charge in [-0.05, 0) is 63.8 Å². The van der Waals surface area contributed by atoms with Crippen LogP contribution >= 0.6 is 0 Å². The number of terminal acetylenes is 1. The fourth-order valence-corrected chi connectivity index (χ4v) is 2.85. The van der Waals surface area contributed by atoms with Gasteiger partial charge < -0.3 is 14.8 Å². The van der Waals surface area contributed by atoms with E-state index >= 15 is 0 Å². The number of fused-ring (bicyclic) bond motifs is 1. The summed E-state index contributed by atoms with van der Waals surface area (Å²) in [5, 5.41) is 5.77. The summed E-state index contributed by atoms with van der Waals surface area (Å²) in [4.78, 5) is 23.9. The number of nitrogens with one attached hydrogen (secondary N) is 2. The van der Waals surface area contributed by atoms with Gasteiger partial charge in [0.05, 0.1) is 0 Å². The first-order valence-corrected chi connectivity index (χ1v) is 8.77. The number of carbonyl (C=O) groups excluding carboxylic acids is 2. The van der Waals surface area contributed by atoms with Gasteiger partial charge in [-0.15, -0.1) is 6.42 Å². The summed E-state index contributed by atoms with van der Waals surface area (Å²) in [5.74, 6) is 2.45. The van der Waals surface area contributed by atoms with Crippen LogP contribution in [0.1, 0.15) is 51.3 Å². The molecule has 1 aromatic rings. The zero-order valence-electron chi connectivity index (χ0n) is 15.7. The summed E-state index contributed by atoms with van der Waals surface area (Å²) in [6.07, 6.45) is 6.70. The van der Waals surface area contributed by atoms with E-state index in [0.29, 0.717) is 12.3 Å². The van der Waals surface area contributed by atoms with Crippen LogP contribution in [0.15, 0.2) is 18.2 Å². The van der Waals surface area contributed by atoms with Gasteiger partial charge in [-0.3, -0.25) is 5.32 Å². The van der Waals surface area contributed by atoms with Gasteiger partial charge in [0.25, 0.3) is 0 Å². The quantitative estimate of drug-likeness (QED) is 0.625. The Hall–Kier alpha value is -2.52. The third-order valence-electron chi connectivity index (χ3n) is 3.90. The molecule has 0 saturated heterocycles. The topological polar surface area (TPSA) is 76.7 Å². The highest BCUT2D eigenvalue weighted by atomic mass is 16.6. The molecule has 1 amide bonds. The van der Waals surface area contributed by atoms with E-state index in [1.165, 1.54) is 0 Å². The van der Waals surface area contributed by atoms with E-state index < -0.39 is 23.7 Å². The molecule has 0 bridgehead atoms. The zero-order chi connectivity index (χ0) is 19.3. The molecule has 26 heavy (non-hydrogen) atoms. The van der Waals surface area contributed by atoms with Crippen molar-refractivity contribution < 1.29 is 19.1 Å². The van der Waals surface area contributed by atoms with Crippen molar-refractivity contribution in [2.24, 2.45) is 0 Å². The molecular formula is C20H26N2O4. The molecule has 0 radical (unpaired) electrons. The van der Waals surface area contributed by atoms with Gasteiger partial charge in [-0.2, -0.15) is 0 Å². The molecule has 0 saturated carbocycles. The molecule has 1 aliphatic carbocycles. The first-order valence-electron chi connectivity index (χ1n) is 8.77. The van der Waals surface area contributed by atoms with E-state index in [1.807, 2.05) is 19.1 Å². The molecule has 1 unspecified atom stereocenters. The molecule has 2 N–H and O–H groups in total. The van der Waals surface area contributed by atoms with Gasteiger partial charge in [0.1, 0.15) is 11.4 Å². The maximum Gasteiger partial charge on any atom is 0.412 e. The fourth-order valence-electron chi connectivity index (χ4n) is 2.85. The Morgan fingerprint density at radius 3 is 2.73 bits per heavy atom. The van der Waals surface area contributed by atoms with Crippen LogP contribution in [0.5, 0.6) is 5.75 Å². The predicted octanol–water partition coefficient (Wildman–Crippen LogP) is 2.72. The van der Waals surface area contributed by atoms with Crippen molar-refractivity contribution in [3.8, 4) is 18.1 Å². The zero-order valence-corrected chi connectivity index (χ0v) is 15.7. The highest BCUT2D eigenvalue weighted by molar-refractivity contribution is 5.79. The molecule has 2 rings (SSSR count). The molecule has 0 spiro atoms. The van der Waals surface area contributed by atoms with Crippen molar-refractivity contribution in [2.75, 3.05) is 6.54 Å². The van der Waals surface area contributed by atoms with Crippen molar-refractivity contribution >= 4 is 12.1 Å². The van der Waals surface area contributed by atoms with E-state index in [2.05, 4.69) is 16.6 Å². The van der Waals surface area contributed by atoms with Gasteiger partial charge in [0.15, 0.2) is 6.04 Å². The molecule has 0 aromatic heterocycles. The van der Waals surface area contributed by atoms with Gasteiger partial charge >= 0.3 is 12.1 Å². The second-order valence-corrected chi connectivity index (χ2v) is 7.17. The SMILES string of the molecule is C#C[C@H](NC1CCc2ccc(OC(=O)NCC)cc21)C(=O)OC(C)(C)C. The smallest absolute Gasteiger partial charge is 0.412 e. The summed E-state index contributed by atoms with van der Waals surface area (Å²) in [7, 11) is 0. The Morgan fingerprint density at radius 2 is 2.12 bits per heavy atom. The van der Waals surface area contributed by atoms with Crippen molar-refractivity contribution in [1.29, 1.82) is 0 Å². The van der Waals surface area contributed by atoms with Crippen LogP contribution in [0.4, 0.5) is 4.79 Å². The minimum atomic E-state index is -0.835. The predicted molar refractivity (Wildman–Crippen MR) is 98.8 cm³/mol. The average Bonchev–Trinajstić information content (AvgIpc) is 2.93. The first-order chi connectivity index (χ1) is 12.2. The Bertz CT molecular complexity index is 716. The highest BCUT2D eigenvalue weighted by Crippen LogP contribution is 2.34. The van der Waals surface area contributed by atoms with E-state index in [4.69, 9.17) is 15.9 Å². The number of hydrogen-bond donors (Lipinski definition) is 2. The lowest BCUT2D eigenvalue weighted by Crippen LogP contribution is -2.41. The largest absolute Gasteiger partial charge is 0.458 e. The monoisotopic (exact) mass is 358 g/mol. The molecule has 6 heteroatoms. The molecule has 2 atom stereocenters. The molecule has 0 heterocycles. The molecule has 0 fully saturated rings. The number of esters is 1. The van der Waals surface area contributed by atoms with Gasteiger partial charge in [-0.25, -0.2) is 9.59 Å². The number of carbonyl (C=O) groups is 2. The van der Waals surface area contributed by atoms with Crippen LogP contribution in [-0.2, 0) is 16.0 Å². The standard InChI is InChI=1S/C20H26N2O4/c1-6-16(18(23)26-20(3,4)5)22-17-11-9-13-8-10-14(12-15(13)17)25-19(24)21-7-2/h1,8,10,12,16-17,22H,7,9,11H2,2-5H3,(H,21,24)/t16-,17?/m0/s1. The summed E-state index contributed by atoms with van der Waals surface area (Å²) < 4.78 is 10.6. The lowest BCUT2D eigenvalue weighted by atomic mass is 10.1. The summed E-state index contributed by atoms with van der Waals surface area (Å²) in [6.45, 7) is 7.71. The maximum absolute atomic E-state index is 12.3. The number of rotatable bonds is 5. The van der Waals surface area contributed by atoms with Crippen molar-refractivity contribution in [3.63, 3.8) is 0 Å². The number of benzene rings is 1. The van der Waals surface area contributed by atoms with Gasteiger partial charge in [0, 0.05) is 12.6 Å². The Labute approximate surface area is 154 Å². The summed E-state index contributed by atoms with van der Waals surface area (Å²) in [6, 6.07) is 4.58. The van der Waals surface area contributed by atoms with Crippen molar-refractivity contribution in [1.82, 2.24) is 10.6 Å². The van der Waals surface area contributed by atoms with Crippen LogP contribution < -0.4 is 15.4 Å². The second-order valence-electron chi connectivity index (χ2n) is 7.17. The molecule has 1 aliphatic rings. The minimum absolute atomic E-state index is 0.101. The Balaban J connectivity index is 2.11. The number of hydrogen-bond acceptors (Lipinski definition) is 5. The number of amides is 1. The minimum Gasteiger partial charge on any atom is -0.458 e. The van der Waals surface area contributed by atoms with Crippen LogP contribution in [0.2, 0.25) is 0 Å². The van der Waals surface area contributed by atoms with E-state index in [-0.39, 0.29) is 6.04 Å². The second kappa shape index (κ2) is 8.24. The molecule has 1 aromatic carbocycles. The van der Waals surface area contributed by atoms with Crippen molar-refractivity contribution in [2.45, 2.75) is 58.2 Å². The summed E-state index contributed by atoms with van der Waals surface area (Å²) in [5.41, 5.74) is 1.52. The van der Waals surface area contributed by atoms with E-state index in [1.54, 1.807) is 26.8 Å². The normalized spacial score (nSPS) is 17.0. The van der Waals surface area contributed by atoms with Gasteiger partial charge in [0.2, 0.25) is 0 Å². The fraction of sp³-hybridized carbons (Fsp3) is 0.500. The third kappa shape index (κ3) is 5.24. The van der Waals surface area contributed by atoms with Gasteiger partial charge in [-0.1, -0.05) is 12.0 Å². The molecular weight excluding hydrogens is 332 g/mol. The highest BCUT2D eigenvalue weighted by Gasteiger charge is 2.30. The average molecular weight is 358 g/mol. The lowest BCUT2D eigenvalue weighted by molar-refractivity contribution is -0.156. The molecule has 140 valence electrons. The van der Waals surface area contributed by atoms with Crippen LogP contribution in [0, 0.1) is 12.3 Å². The van der Waals surface area contributed by atoms with E-state index in [9.17, 15) is 9.59 Å². The Morgan fingerprint density at radius 1 is 1.38 bits per heavy atom. The lowest BCUT2D eigenvalue weighted by Gasteiger charge is -2.24. The first kappa shape index (κ1) is 19.8. The Kier molecular flexibility index (Phi) is 6.27. The van der Waals surface area contributed by atoms with Crippen molar-refractivity contribution in [3.05, 3.63) is 29.3 Å². The summed E-state index contributed by atoms with van der Waals surface area (Å²) >= 11 is 0. The van der Waals surface area contributed by atoms with Crippen LogP contribution in [-0.4, -0.2) is 30.3 Å². The third-order valence-corrected chi connectivity index (χ3v) is 3.90. The molecule has 6 nitrogen and oxygen atoms in total. The van der Waals surface area contributed by atoms with E-state index in [0.717, 1.165) is 24.0 Å². The van der Waals surface area contributed by atoms with Crippen LogP contribution in [0.25, 0.3) is 0 Å².